The topological polar surface area (TPSA) is 108 Å². The number of hydrogen-bond acceptors (Lipinski definition) is 6. The second-order valence-corrected chi connectivity index (χ2v) is 5.69. The molecule has 8 heteroatoms. The molecule has 0 unspecified atom stereocenters. The summed E-state index contributed by atoms with van der Waals surface area (Å²) in [6.45, 7) is 4.64. The maximum absolute atomic E-state index is 11.4. The predicted octanol–water partition coefficient (Wildman–Crippen LogP) is -0.712. The van der Waals surface area contributed by atoms with Gasteiger partial charge in [0.2, 0.25) is 5.91 Å². The monoisotopic (exact) mass is 367 g/mol. The third-order valence-electron chi connectivity index (χ3n) is 3.35. The maximum atomic E-state index is 11.4. The molecule has 0 spiro atoms. The van der Waals surface area contributed by atoms with Gasteiger partial charge in [0.25, 0.3) is 0 Å². The lowest BCUT2D eigenvalue weighted by Gasteiger charge is -2.49. The summed E-state index contributed by atoms with van der Waals surface area (Å²) in [5, 5.41) is 33.4. The van der Waals surface area contributed by atoms with Crippen molar-refractivity contribution in [1.29, 1.82) is 0 Å². The van der Waals surface area contributed by atoms with E-state index in [-0.39, 0.29) is 13.0 Å². The van der Waals surface area contributed by atoms with Gasteiger partial charge in [-0.1, -0.05) is 22.0 Å². The van der Waals surface area contributed by atoms with Crippen molar-refractivity contribution < 1.29 is 29.6 Å². The molecule has 122 valence electrons. The van der Waals surface area contributed by atoms with Crippen molar-refractivity contribution in [3.8, 4) is 0 Å². The molecule has 0 aromatic heterocycles. The molecule has 0 radical (unpaired) electrons. The van der Waals surface area contributed by atoms with Crippen LogP contribution in [0, 0.1) is 0 Å². The van der Waals surface area contributed by atoms with Crippen LogP contribution in [0.5, 0.6) is 0 Å². The Hall–Kier alpha value is -0.510. The zero-order valence-corrected chi connectivity index (χ0v) is 13.5. The summed E-state index contributed by atoms with van der Waals surface area (Å²) < 4.78 is 10.9. The number of hydrogen-bond donors (Lipinski definition) is 4. The third-order valence-corrected chi connectivity index (χ3v) is 3.68. The van der Waals surface area contributed by atoms with E-state index in [1.54, 1.807) is 0 Å². The van der Waals surface area contributed by atoms with Crippen LogP contribution in [0.1, 0.15) is 13.3 Å². The largest absolute Gasteiger partial charge is 0.394 e. The Bertz CT molecular complexity index is 369. The Morgan fingerprint density at radius 1 is 1.62 bits per heavy atom. The van der Waals surface area contributed by atoms with Gasteiger partial charge < -0.3 is 30.1 Å². The van der Waals surface area contributed by atoms with Crippen molar-refractivity contribution in [2.24, 2.45) is 0 Å². The van der Waals surface area contributed by atoms with Crippen LogP contribution in [-0.4, -0.2) is 69.9 Å². The highest BCUT2D eigenvalue weighted by Gasteiger charge is 2.55. The molecule has 1 amide bonds. The fourth-order valence-electron chi connectivity index (χ4n) is 2.40. The minimum Gasteiger partial charge on any atom is -0.394 e. The summed E-state index contributed by atoms with van der Waals surface area (Å²) in [7, 11) is 0. The Morgan fingerprint density at radius 3 is 2.76 bits per heavy atom. The van der Waals surface area contributed by atoms with Crippen LogP contribution in [0.4, 0.5) is 0 Å². The van der Waals surface area contributed by atoms with Crippen molar-refractivity contribution in [2.75, 3.05) is 18.5 Å². The quantitative estimate of drug-likeness (QED) is 0.349. The van der Waals surface area contributed by atoms with Crippen molar-refractivity contribution in [3.05, 3.63) is 12.7 Å². The fraction of sp³-hybridized carbons (Fsp3) is 0.769. The molecule has 4 N–H and O–H groups in total. The lowest BCUT2D eigenvalue weighted by molar-refractivity contribution is -0.298. The smallest absolute Gasteiger partial charge is 0.217 e. The molecule has 5 atom stereocenters. The van der Waals surface area contributed by atoms with E-state index in [0.29, 0.717) is 5.33 Å². The molecule has 7 nitrogen and oxygen atoms in total. The number of ether oxygens (including phenoxy) is 2. The number of amides is 1. The van der Waals surface area contributed by atoms with Crippen LogP contribution in [0.2, 0.25) is 0 Å². The molecule has 21 heavy (non-hydrogen) atoms. The van der Waals surface area contributed by atoms with E-state index >= 15 is 0 Å². The average molecular weight is 368 g/mol. The first-order valence-corrected chi connectivity index (χ1v) is 7.75. The zero-order chi connectivity index (χ0) is 16.0. The van der Waals surface area contributed by atoms with Gasteiger partial charge in [-0.3, -0.25) is 4.79 Å². The van der Waals surface area contributed by atoms with Crippen LogP contribution in [-0.2, 0) is 14.3 Å². The summed E-state index contributed by atoms with van der Waals surface area (Å²) in [5.74, 6) is -0.395. The molecule has 0 aliphatic carbocycles. The van der Waals surface area contributed by atoms with Crippen molar-refractivity contribution in [1.82, 2.24) is 5.32 Å². The van der Waals surface area contributed by atoms with Gasteiger partial charge in [0.1, 0.15) is 23.9 Å². The van der Waals surface area contributed by atoms with E-state index in [9.17, 15) is 20.1 Å². The fourth-order valence-corrected chi connectivity index (χ4v) is 2.58. The Labute approximate surface area is 132 Å². The van der Waals surface area contributed by atoms with E-state index in [1.807, 2.05) is 0 Å². The lowest BCUT2D eigenvalue weighted by atomic mass is 9.79. The zero-order valence-electron chi connectivity index (χ0n) is 11.9. The van der Waals surface area contributed by atoms with Crippen molar-refractivity contribution >= 4 is 21.8 Å². The summed E-state index contributed by atoms with van der Waals surface area (Å²) in [4.78, 5) is 11.4. The molecule has 0 bridgehead atoms. The van der Waals surface area contributed by atoms with Gasteiger partial charge in [-0.15, -0.1) is 6.58 Å². The second-order valence-electron chi connectivity index (χ2n) is 4.89. The first-order chi connectivity index (χ1) is 9.90. The highest BCUT2D eigenvalue weighted by molar-refractivity contribution is 9.09. The van der Waals surface area contributed by atoms with Crippen LogP contribution < -0.4 is 5.32 Å². The van der Waals surface area contributed by atoms with Crippen molar-refractivity contribution in [3.63, 3.8) is 0 Å². The van der Waals surface area contributed by atoms with Crippen LogP contribution in [0.15, 0.2) is 12.7 Å². The van der Waals surface area contributed by atoms with E-state index in [4.69, 9.17) is 9.47 Å². The lowest BCUT2D eigenvalue weighted by Crippen LogP contribution is -2.71. The minimum atomic E-state index is -1.74. The molecule has 1 heterocycles. The standard InChI is InChI=1S/C13H22BrNO6/c1-3-4-13(19)10(15-8(2)17)12(20-6-5-14)21-9(7-16)11(13)18/h3,9-12,16,18-19H,1,4-7H2,2H3,(H,15,17)/t9-,10-,11-,12+,13-/m1/s1. The Kier molecular flexibility index (Phi) is 7.25. The summed E-state index contributed by atoms with van der Waals surface area (Å²) in [5.41, 5.74) is -1.74. The molecule has 0 saturated carbocycles. The van der Waals surface area contributed by atoms with Gasteiger partial charge in [-0.05, 0) is 6.42 Å². The van der Waals surface area contributed by atoms with E-state index < -0.39 is 42.7 Å². The maximum Gasteiger partial charge on any atom is 0.217 e. The van der Waals surface area contributed by atoms with E-state index in [0.717, 1.165) is 0 Å². The molecular formula is C13H22BrNO6. The third kappa shape index (κ3) is 4.24. The summed E-state index contributed by atoms with van der Waals surface area (Å²) in [6, 6.07) is -0.982. The number of aliphatic hydroxyl groups is 3. The summed E-state index contributed by atoms with van der Waals surface area (Å²) in [6.07, 6.45) is -1.95. The number of carbonyl (C=O) groups is 1. The molecule has 0 aromatic carbocycles. The van der Waals surface area contributed by atoms with Gasteiger partial charge in [0, 0.05) is 12.3 Å². The Balaban J connectivity index is 3.09. The van der Waals surface area contributed by atoms with Crippen LogP contribution >= 0.6 is 15.9 Å². The average Bonchev–Trinajstić information content (AvgIpc) is 2.43. The van der Waals surface area contributed by atoms with Gasteiger partial charge in [0.15, 0.2) is 6.29 Å². The molecule has 1 aliphatic heterocycles. The van der Waals surface area contributed by atoms with Crippen molar-refractivity contribution in [2.45, 2.75) is 43.5 Å². The number of carbonyl (C=O) groups excluding carboxylic acids is 1. The highest BCUT2D eigenvalue weighted by Crippen LogP contribution is 2.33. The van der Waals surface area contributed by atoms with Gasteiger partial charge in [-0.25, -0.2) is 0 Å². The number of aliphatic hydroxyl groups excluding tert-OH is 2. The minimum absolute atomic E-state index is 0.00709. The molecule has 1 rings (SSSR count). The number of alkyl halides is 1. The van der Waals surface area contributed by atoms with E-state index in [2.05, 4.69) is 27.8 Å². The highest BCUT2D eigenvalue weighted by atomic mass is 79.9. The number of rotatable bonds is 7. The second kappa shape index (κ2) is 8.21. The van der Waals surface area contributed by atoms with Gasteiger partial charge in [0.05, 0.1) is 13.2 Å². The predicted molar refractivity (Wildman–Crippen MR) is 78.9 cm³/mol. The summed E-state index contributed by atoms with van der Waals surface area (Å²) >= 11 is 3.20. The van der Waals surface area contributed by atoms with Gasteiger partial charge >= 0.3 is 0 Å². The van der Waals surface area contributed by atoms with Crippen LogP contribution in [0.25, 0.3) is 0 Å². The molecule has 0 aromatic rings. The molecule has 1 saturated heterocycles. The normalized spacial score (nSPS) is 36.2. The number of nitrogens with one attached hydrogen (secondary N) is 1. The molecular weight excluding hydrogens is 346 g/mol. The Morgan fingerprint density at radius 2 is 2.29 bits per heavy atom. The molecule has 1 fully saturated rings. The SMILES string of the molecule is C=CC[C@]1(O)[C@H](O)[C@@H](CO)O[C@H](OCCBr)[C@H]1NC(C)=O. The first kappa shape index (κ1) is 18.5. The van der Waals surface area contributed by atoms with Crippen LogP contribution in [0.3, 0.4) is 0 Å². The molecule has 1 aliphatic rings. The van der Waals surface area contributed by atoms with E-state index in [1.165, 1.54) is 13.0 Å². The first-order valence-electron chi connectivity index (χ1n) is 6.63. The van der Waals surface area contributed by atoms with Gasteiger partial charge in [-0.2, -0.15) is 0 Å². The number of halogens is 1.